The molecule has 1 heterocycles. The smallest absolute Gasteiger partial charge is 0.125 e. The van der Waals surface area contributed by atoms with Crippen molar-refractivity contribution < 1.29 is 18.7 Å². The molecule has 3 aromatic rings. The average molecular weight is 466 g/mol. The van der Waals surface area contributed by atoms with E-state index in [0.717, 1.165) is 37.1 Å². The van der Waals surface area contributed by atoms with Gasteiger partial charge in [0, 0.05) is 18.8 Å². The topological polar surface area (TPSA) is 46.6 Å². The zero-order chi connectivity index (χ0) is 25.5. The van der Waals surface area contributed by atoms with E-state index in [2.05, 4.69) is 62.2 Å². The van der Waals surface area contributed by atoms with Crippen molar-refractivity contribution in [3.63, 3.8) is 0 Å². The van der Waals surface area contributed by atoms with E-state index in [4.69, 9.17) is 14.3 Å². The molecule has 0 aliphatic carbocycles. The number of rotatable bonds is 4. The van der Waals surface area contributed by atoms with Crippen LogP contribution in [0.25, 0.3) is 0 Å². The number of halogens is 1. The molecule has 0 amide bonds. The maximum Gasteiger partial charge on any atom is 0.125 e. The lowest BCUT2D eigenvalue weighted by molar-refractivity contribution is -0.0987. The highest BCUT2D eigenvalue weighted by atomic mass is 19.1. The van der Waals surface area contributed by atoms with Gasteiger partial charge in [0.15, 0.2) is 0 Å². The van der Waals surface area contributed by atoms with Gasteiger partial charge in [-0.25, -0.2) is 4.39 Å². The summed E-state index contributed by atoms with van der Waals surface area (Å²) in [4.78, 5) is 18.2. The predicted octanol–water partition coefficient (Wildman–Crippen LogP) is 6.15. The van der Waals surface area contributed by atoms with Gasteiger partial charge in [-0.2, -0.15) is 0 Å². The Hall–Kier alpha value is -3.47. The maximum absolute atomic E-state index is 13.5. The molecule has 4 nitrogen and oxygen atoms in total. The quantitative estimate of drug-likeness (QED) is 0.464. The number of carbonyl (C=O) groups is 2. The lowest BCUT2D eigenvalue weighted by Crippen LogP contribution is -2.36. The minimum atomic E-state index is -0.151. The first-order valence-corrected chi connectivity index (χ1v) is 11.2. The van der Waals surface area contributed by atoms with Crippen molar-refractivity contribution in [2.75, 3.05) is 19.1 Å². The van der Waals surface area contributed by atoms with Crippen molar-refractivity contribution >= 4 is 19.3 Å². The van der Waals surface area contributed by atoms with Gasteiger partial charge in [0.1, 0.15) is 25.1 Å². The van der Waals surface area contributed by atoms with Gasteiger partial charge in [0.05, 0.1) is 7.11 Å². The van der Waals surface area contributed by atoms with Crippen LogP contribution in [0.15, 0.2) is 66.7 Å². The third-order valence-corrected chi connectivity index (χ3v) is 5.87. The molecule has 0 spiro atoms. The van der Waals surface area contributed by atoms with Crippen LogP contribution < -0.4 is 9.64 Å². The number of carbonyl (C=O) groups excluding carboxylic acids is 2. The van der Waals surface area contributed by atoms with E-state index < -0.39 is 0 Å². The summed E-state index contributed by atoms with van der Waals surface area (Å²) in [7, 11) is 3.76. The van der Waals surface area contributed by atoms with E-state index in [-0.39, 0.29) is 5.82 Å². The summed E-state index contributed by atoms with van der Waals surface area (Å²) in [5, 5.41) is 0. The molecule has 3 aromatic carbocycles. The molecule has 0 saturated heterocycles. The highest BCUT2D eigenvalue weighted by Crippen LogP contribution is 2.31. The molecule has 0 N–H and O–H groups in total. The Morgan fingerprint density at radius 3 is 2.00 bits per heavy atom. The molecule has 0 bridgehead atoms. The number of methoxy groups -OCH3 is 1. The molecule has 4 rings (SSSR count). The third kappa shape index (κ3) is 8.81. The number of aryl methyl sites for hydroxylation is 4. The molecule has 182 valence electrons. The van der Waals surface area contributed by atoms with E-state index in [9.17, 15) is 4.39 Å². The normalized spacial score (nSPS) is 13.6. The number of nitrogens with zero attached hydrogens (tertiary/aromatic N) is 1. The Morgan fingerprint density at radius 2 is 1.47 bits per heavy atom. The highest BCUT2D eigenvalue weighted by molar-refractivity contribution is 5.56. The number of ether oxygens (including phenoxy) is 1. The van der Waals surface area contributed by atoms with Gasteiger partial charge in [-0.15, -0.1) is 0 Å². The largest absolute Gasteiger partial charge is 0.497 e. The highest BCUT2D eigenvalue weighted by Gasteiger charge is 2.23. The zero-order valence-electron chi connectivity index (χ0n) is 20.7. The Labute approximate surface area is 203 Å². The van der Waals surface area contributed by atoms with Crippen LogP contribution in [-0.4, -0.2) is 33.8 Å². The van der Waals surface area contributed by atoms with Gasteiger partial charge in [0.2, 0.25) is 0 Å². The molecule has 1 unspecified atom stereocenters. The van der Waals surface area contributed by atoms with E-state index in [1.807, 2.05) is 31.8 Å². The van der Waals surface area contributed by atoms with Crippen molar-refractivity contribution in [3.8, 4) is 5.75 Å². The van der Waals surface area contributed by atoms with Crippen LogP contribution in [0.3, 0.4) is 0 Å². The summed E-state index contributed by atoms with van der Waals surface area (Å²) < 4.78 is 18.7. The minimum absolute atomic E-state index is 0.151. The van der Waals surface area contributed by atoms with Crippen LogP contribution in [0.4, 0.5) is 10.1 Å². The predicted molar refractivity (Wildman–Crippen MR) is 138 cm³/mol. The van der Waals surface area contributed by atoms with E-state index in [1.165, 1.54) is 22.3 Å². The fourth-order valence-corrected chi connectivity index (χ4v) is 3.89. The maximum atomic E-state index is 13.5. The molecule has 0 radical (unpaired) electrons. The Balaban J connectivity index is 0.000000403. The Kier molecular flexibility index (Phi) is 12.9. The zero-order valence-corrected chi connectivity index (χ0v) is 20.7. The average Bonchev–Trinajstić information content (AvgIpc) is 2.89. The van der Waals surface area contributed by atoms with Crippen molar-refractivity contribution in [2.45, 2.75) is 45.6 Å². The van der Waals surface area contributed by atoms with Crippen LogP contribution in [-0.2, 0) is 22.4 Å². The van der Waals surface area contributed by atoms with Gasteiger partial charge >= 0.3 is 0 Å². The second-order valence-electron chi connectivity index (χ2n) is 8.12. The molecule has 0 aromatic heterocycles. The van der Waals surface area contributed by atoms with E-state index in [0.29, 0.717) is 6.04 Å². The summed E-state index contributed by atoms with van der Waals surface area (Å²) >= 11 is 0. The SMILES string of the molecule is C=O.C=O.COc1ccc(CCC2CCc3ccc(F)cc3N2C)cc1.Cc1ccc(C)cc1. The monoisotopic (exact) mass is 465 g/mol. The Bertz CT molecular complexity index is 951. The molecule has 1 aliphatic heterocycles. The van der Waals surface area contributed by atoms with E-state index in [1.54, 1.807) is 19.2 Å². The number of fused-ring (bicyclic) bond motifs is 1. The van der Waals surface area contributed by atoms with Gasteiger partial charge in [-0.3, -0.25) is 0 Å². The first-order valence-electron chi connectivity index (χ1n) is 11.2. The van der Waals surface area contributed by atoms with Crippen molar-refractivity contribution in [1.29, 1.82) is 0 Å². The van der Waals surface area contributed by atoms with Crippen molar-refractivity contribution in [3.05, 3.63) is 94.8 Å². The summed E-state index contributed by atoms with van der Waals surface area (Å²) in [6.45, 7) is 8.19. The van der Waals surface area contributed by atoms with Crippen molar-refractivity contribution in [1.82, 2.24) is 0 Å². The summed E-state index contributed by atoms with van der Waals surface area (Å²) in [5.41, 5.74) is 6.28. The van der Waals surface area contributed by atoms with Crippen LogP contribution in [0.5, 0.6) is 5.75 Å². The Morgan fingerprint density at radius 1 is 0.912 bits per heavy atom. The number of hydrogen-bond acceptors (Lipinski definition) is 4. The third-order valence-electron chi connectivity index (χ3n) is 5.87. The molecule has 1 atom stereocenters. The molecule has 1 aliphatic rings. The van der Waals surface area contributed by atoms with Crippen molar-refractivity contribution in [2.24, 2.45) is 0 Å². The van der Waals surface area contributed by atoms with Gasteiger partial charge in [-0.05, 0) is 74.9 Å². The lowest BCUT2D eigenvalue weighted by atomic mass is 9.92. The summed E-state index contributed by atoms with van der Waals surface area (Å²) in [5.74, 6) is 0.740. The van der Waals surface area contributed by atoms with Gasteiger partial charge < -0.3 is 19.2 Å². The standard InChI is InChI=1S/C19H22FNO.C8H10.2CH2O/c1-21-17(9-3-14-4-11-18(22-2)12-5-14)10-7-15-6-8-16(20)13-19(15)21;1-7-3-5-8(2)6-4-7;2*1-2/h4-6,8,11-13,17H,3,7,9-10H2,1-2H3;3-6H,1-2H3;2*1H2. The van der Waals surface area contributed by atoms with Gasteiger partial charge in [-0.1, -0.05) is 53.6 Å². The molecule has 0 saturated carbocycles. The first kappa shape index (κ1) is 28.6. The van der Waals surface area contributed by atoms with Crippen LogP contribution in [0, 0.1) is 19.7 Å². The van der Waals surface area contributed by atoms with Crippen LogP contribution >= 0.6 is 0 Å². The molecule has 0 fully saturated rings. The van der Waals surface area contributed by atoms with Crippen LogP contribution in [0.1, 0.15) is 35.1 Å². The second-order valence-corrected chi connectivity index (χ2v) is 8.12. The van der Waals surface area contributed by atoms with Gasteiger partial charge in [0.25, 0.3) is 0 Å². The number of benzene rings is 3. The summed E-state index contributed by atoms with van der Waals surface area (Å²) in [6.07, 6.45) is 4.28. The molecular weight excluding hydrogens is 429 g/mol. The lowest BCUT2D eigenvalue weighted by Gasteiger charge is -2.36. The van der Waals surface area contributed by atoms with Crippen LogP contribution in [0.2, 0.25) is 0 Å². The number of hydrogen-bond donors (Lipinski definition) is 0. The number of anilines is 1. The first-order chi connectivity index (χ1) is 16.5. The van der Waals surface area contributed by atoms with E-state index >= 15 is 0 Å². The summed E-state index contributed by atoms with van der Waals surface area (Å²) in [6, 6.07) is 22.3. The molecule has 34 heavy (non-hydrogen) atoms. The minimum Gasteiger partial charge on any atom is -0.497 e. The molecular formula is C29H36FNO3. The second kappa shape index (κ2) is 15.4. The fraction of sp³-hybridized carbons (Fsp3) is 0.310. The molecule has 5 heteroatoms. The fourth-order valence-electron chi connectivity index (χ4n) is 3.89.